The molecule has 0 unspecified atom stereocenters. The fourth-order valence-corrected chi connectivity index (χ4v) is 2.91. The maximum Gasteiger partial charge on any atom is 0.150 e. The molecule has 0 radical (unpaired) electrons. The Kier molecular flexibility index (Phi) is 3.82. The van der Waals surface area contributed by atoms with Crippen molar-refractivity contribution >= 4 is 28.6 Å². The van der Waals surface area contributed by atoms with Gasteiger partial charge in [0.05, 0.1) is 0 Å². The monoisotopic (exact) mass is 327 g/mol. The van der Waals surface area contributed by atoms with E-state index in [2.05, 4.69) is 29.2 Å². The van der Waals surface area contributed by atoms with Crippen LogP contribution in [0.15, 0.2) is 83.3 Å². The number of hydrogen-bond donors (Lipinski definition) is 0. The second kappa shape index (κ2) is 6.29. The Balaban J connectivity index is 1.65. The van der Waals surface area contributed by atoms with Crippen molar-refractivity contribution in [1.29, 1.82) is 0 Å². The lowest BCUT2D eigenvalue weighted by molar-refractivity contribution is 0.112. The number of para-hydroxylation sites is 1. The minimum Gasteiger partial charge on any atom is -0.456 e. The van der Waals surface area contributed by atoms with Gasteiger partial charge >= 0.3 is 0 Å². The molecular weight excluding hydrogens is 310 g/mol. The van der Waals surface area contributed by atoms with Crippen molar-refractivity contribution in [3.63, 3.8) is 0 Å². The van der Waals surface area contributed by atoms with E-state index in [4.69, 9.17) is 4.42 Å². The molecule has 1 heterocycles. The van der Waals surface area contributed by atoms with Crippen molar-refractivity contribution in [2.24, 2.45) is 0 Å². The topological polar surface area (TPSA) is 33.5 Å². The first kappa shape index (κ1) is 15.2. The normalized spacial score (nSPS) is 10.8. The van der Waals surface area contributed by atoms with E-state index in [1.807, 2.05) is 49.5 Å². The molecular formula is C22H17NO2. The average Bonchev–Trinajstić information content (AvgIpc) is 3.11. The average molecular weight is 327 g/mol. The third-order valence-corrected chi connectivity index (χ3v) is 4.36. The Morgan fingerprint density at radius 3 is 2.28 bits per heavy atom. The molecule has 1 aromatic heterocycles. The molecule has 0 amide bonds. The van der Waals surface area contributed by atoms with Gasteiger partial charge in [-0.3, -0.25) is 4.79 Å². The van der Waals surface area contributed by atoms with Gasteiger partial charge < -0.3 is 9.32 Å². The second-order valence-corrected chi connectivity index (χ2v) is 5.97. The van der Waals surface area contributed by atoms with Crippen LogP contribution in [0.1, 0.15) is 10.4 Å². The molecule has 3 nitrogen and oxygen atoms in total. The van der Waals surface area contributed by atoms with Gasteiger partial charge in [-0.2, -0.15) is 0 Å². The summed E-state index contributed by atoms with van der Waals surface area (Å²) in [6.07, 6.45) is 0.829. The highest BCUT2D eigenvalue weighted by molar-refractivity contribution is 5.88. The summed E-state index contributed by atoms with van der Waals surface area (Å²) in [6.45, 7) is 0. The number of furan rings is 1. The molecule has 25 heavy (non-hydrogen) atoms. The SMILES string of the molecule is CN(c1ccccc1)c1ccc(-c2cc3ccc(C=O)cc3o2)cc1. The molecule has 3 aromatic carbocycles. The number of carbonyl (C=O) groups excluding carboxylic acids is 1. The molecule has 3 heteroatoms. The quantitative estimate of drug-likeness (QED) is 0.452. The van der Waals surface area contributed by atoms with E-state index in [1.54, 1.807) is 12.1 Å². The highest BCUT2D eigenvalue weighted by Crippen LogP contribution is 2.31. The molecule has 0 saturated carbocycles. The summed E-state index contributed by atoms with van der Waals surface area (Å²) >= 11 is 0. The van der Waals surface area contributed by atoms with Crippen LogP contribution in [0.4, 0.5) is 11.4 Å². The van der Waals surface area contributed by atoms with Gasteiger partial charge in [0.1, 0.15) is 17.6 Å². The summed E-state index contributed by atoms with van der Waals surface area (Å²) in [5.74, 6) is 0.798. The van der Waals surface area contributed by atoms with E-state index in [0.717, 1.165) is 40.0 Å². The molecule has 4 rings (SSSR count). The number of carbonyl (C=O) groups is 1. The van der Waals surface area contributed by atoms with Crippen LogP contribution in [0.5, 0.6) is 0 Å². The predicted molar refractivity (Wildman–Crippen MR) is 102 cm³/mol. The van der Waals surface area contributed by atoms with Crippen molar-refractivity contribution in [3.05, 3.63) is 84.4 Å². The molecule has 0 atom stereocenters. The summed E-state index contributed by atoms with van der Waals surface area (Å²) < 4.78 is 5.91. The van der Waals surface area contributed by atoms with E-state index >= 15 is 0 Å². The maximum absolute atomic E-state index is 10.9. The number of rotatable bonds is 4. The highest BCUT2D eigenvalue weighted by Gasteiger charge is 2.08. The molecule has 0 N–H and O–H groups in total. The van der Waals surface area contributed by atoms with Gasteiger partial charge in [0.2, 0.25) is 0 Å². The van der Waals surface area contributed by atoms with Gasteiger partial charge in [-0.25, -0.2) is 0 Å². The van der Waals surface area contributed by atoms with E-state index in [9.17, 15) is 4.79 Å². The van der Waals surface area contributed by atoms with Crippen molar-refractivity contribution < 1.29 is 9.21 Å². The molecule has 0 fully saturated rings. The highest BCUT2D eigenvalue weighted by atomic mass is 16.3. The lowest BCUT2D eigenvalue weighted by Crippen LogP contribution is -2.08. The first-order valence-corrected chi connectivity index (χ1v) is 8.12. The van der Waals surface area contributed by atoms with Crippen molar-refractivity contribution in [2.45, 2.75) is 0 Å². The lowest BCUT2D eigenvalue weighted by Gasteiger charge is -2.19. The Hall–Kier alpha value is -3.33. The van der Waals surface area contributed by atoms with Gasteiger partial charge in [-0.1, -0.05) is 30.3 Å². The maximum atomic E-state index is 10.9. The van der Waals surface area contributed by atoms with Crippen LogP contribution in [-0.4, -0.2) is 13.3 Å². The molecule has 122 valence electrons. The summed E-state index contributed by atoms with van der Waals surface area (Å²) in [5.41, 5.74) is 4.60. The van der Waals surface area contributed by atoms with Crippen LogP contribution in [0.3, 0.4) is 0 Å². The van der Waals surface area contributed by atoms with Crippen molar-refractivity contribution in [3.8, 4) is 11.3 Å². The Morgan fingerprint density at radius 2 is 1.56 bits per heavy atom. The molecule has 0 saturated heterocycles. The van der Waals surface area contributed by atoms with E-state index in [0.29, 0.717) is 5.56 Å². The number of anilines is 2. The number of nitrogens with zero attached hydrogens (tertiary/aromatic N) is 1. The van der Waals surface area contributed by atoms with Crippen LogP contribution in [-0.2, 0) is 0 Å². The number of aldehydes is 1. The zero-order chi connectivity index (χ0) is 17.2. The molecule has 0 bridgehead atoms. The van der Waals surface area contributed by atoms with Crippen molar-refractivity contribution in [1.82, 2.24) is 0 Å². The van der Waals surface area contributed by atoms with E-state index < -0.39 is 0 Å². The van der Waals surface area contributed by atoms with Crippen LogP contribution in [0.2, 0.25) is 0 Å². The summed E-state index contributed by atoms with van der Waals surface area (Å²) in [6, 6.07) is 26.0. The summed E-state index contributed by atoms with van der Waals surface area (Å²) in [4.78, 5) is 13.0. The second-order valence-electron chi connectivity index (χ2n) is 5.97. The fourth-order valence-electron chi connectivity index (χ4n) is 2.91. The first-order valence-electron chi connectivity index (χ1n) is 8.12. The molecule has 0 aliphatic rings. The van der Waals surface area contributed by atoms with Crippen LogP contribution >= 0.6 is 0 Å². The van der Waals surface area contributed by atoms with Crippen LogP contribution < -0.4 is 4.90 Å². The first-order chi connectivity index (χ1) is 12.2. The third kappa shape index (κ3) is 2.92. The zero-order valence-corrected chi connectivity index (χ0v) is 13.8. The third-order valence-electron chi connectivity index (χ3n) is 4.36. The molecule has 4 aromatic rings. The van der Waals surface area contributed by atoms with E-state index in [1.165, 1.54) is 0 Å². The minimum absolute atomic E-state index is 0.619. The largest absolute Gasteiger partial charge is 0.456 e. The summed E-state index contributed by atoms with van der Waals surface area (Å²) in [7, 11) is 2.05. The summed E-state index contributed by atoms with van der Waals surface area (Å²) in [5, 5.41) is 0.992. The standard InChI is InChI=1S/C22H17NO2/c1-23(19-5-3-2-4-6-19)20-11-9-17(10-12-20)22-14-18-8-7-16(15-24)13-21(18)25-22/h2-15H,1H3. The fraction of sp³-hybridized carbons (Fsp3) is 0.0455. The van der Waals surface area contributed by atoms with Gasteiger partial charge in [-0.05, 0) is 48.5 Å². The van der Waals surface area contributed by atoms with E-state index in [-0.39, 0.29) is 0 Å². The molecule has 0 aliphatic carbocycles. The van der Waals surface area contributed by atoms with Crippen LogP contribution in [0.25, 0.3) is 22.3 Å². The Bertz CT molecular complexity index is 1020. The zero-order valence-electron chi connectivity index (χ0n) is 13.8. The number of benzene rings is 3. The lowest BCUT2D eigenvalue weighted by atomic mass is 10.1. The number of hydrogen-bond acceptors (Lipinski definition) is 3. The van der Waals surface area contributed by atoms with Gasteiger partial charge in [-0.15, -0.1) is 0 Å². The van der Waals surface area contributed by atoms with Crippen molar-refractivity contribution in [2.75, 3.05) is 11.9 Å². The molecule has 0 aliphatic heterocycles. The smallest absolute Gasteiger partial charge is 0.150 e. The Morgan fingerprint density at radius 1 is 0.840 bits per heavy atom. The Labute approximate surface area is 146 Å². The predicted octanol–water partition coefficient (Wildman–Crippen LogP) is 5.68. The van der Waals surface area contributed by atoms with Gasteiger partial charge in [0, 0.05) is 34.9 Å². The van der Waals surface area contributed by atoms with Gasteiger partial charge in [0.15, 0.2) is 0 Å². The van der Waals surface area contributed by atoms with Crippen LogP contribution in [0, 0.1) is 0 Å². The van der Waals surface area contributed by atoms with Gasteiger partial charge in [0.25, 0.3) is 0 Å². The number of fused-ring (bicyclic) bond motifs is 1. The molecule has 0 spiro atoms. The minimum atomic E-state index is 0.619.